The second-order valence-corrected chi connectivity index (χ2v) is 7.19. The van der Waals surface area contributed by atoms with Crippen molar-refractivity contribution < 1.29 is 4.79 Å². The minimum Gasteiger partial charge on any atom is -0.382 e. The number of amides is 1. The monoisotopic (exact) mass is 357 g/mol. The van der Waals surface area contributed by atoms with Gasteiger partial charge in [-0.05, 0) is 43.7 Å². The number of hydrogen-bond donors (Lipinski definition) is 2. The molecule has 6 nitrogen and oxygen atoms in total. The molecule has 3 aromatic heterocycles. The highest BCUT2D eigenvalue weighted by molar-refractivity contribution is 7.10. The van der Waals surface area contributed by atoms with E-state index in [0.29, 0.717) is 18.8 Å². The number of aromatic nitrogens is 3. The van der Waals surface area contributed by atoms with Crippen molar-refractivity contribution in [3.63, 3.8) is 0 Å². The Balaban J connectivity index is 1.49. The van der Waals surface area contributed by atoms with Gasteiger partial charge in [-0.15, -0.1) is 11.3 Å². The molecule has 0 saturated carbocycles. The lowest BCUT2D eigenvalue weighted by atomic mass is 10.2. The molecule has 0 aliphatic rings. The molecule has 0 aromatic carbocycles. The van der Waals surface area contributed by atoms with Crippen LogP contribution in [0, 0.1) is 13.8 Å². The van der Waals surface area contributed by atoms with Crippen molar-refractivity contribution in [2.75, 3.05) is 12.3 Å². The number of nitrogen functional groups attached to an aromatic ring is 1. The fourth-order valence-corrected chi connectivity index (χ4v) is 3.59. The van der Waals surface area contributed by atoms with Gasteiger partial charge in [0.1, 0.15) is 5.52 Å². The summed E-state index contributed by atoms with van der Waals surface area (Å²) >= 11 is 1.61. The number of nitrogens with two attached hydrogens (primary N) is 1. The van der Waals surface area contributed by atoms with Gasteiger partial charge in [-0.2, -0.15) is 0 Å². The predicted octanol–water partition coefficient (Wildman–Crippen LogP) is 2.83. The highest BCUT2D eigenvalue weighted by Gasteiger charge is 2.12. The third kappa shape index (κ3) is 3.99. The topological polar surface area (TPSA) is 85.8 Å². The highest BCUT2D eigenvalue weighted by Crippen LogP contribution is 2.24. The summed E-state index contributed by atoms with van der Waals surface area (Å²) in [4.78, 5) is 21.7. The average Bonchev–Trinajstić information content (AvgIpc) is 3.22. The number of nitrogens with zero attached hydrogens (tertiary/aromatic N) is 3. The number of carbonyl (C=O) groups excluding carboxylic acids is 1. The zero-order chi connectivity index (χ0) is 17.8. The number of rotatable bonds is 7. The second kappa shape index (κ2) is 7.65. The van der Waals surface area contributed by atoms with Crippen LogP contribution in [0.15, 0.2) is 23.8 Å². The summed E-state index contributed by atoms with van der Waals surface area (Å²) < 4.78 is 2.13. The molecule has 0 spiro atoms. The van der Waals surface area contributed by atoms with Crippen LogP contribution in [0.4, 0.5) is 5.82 Å². The first-order valence-electron chi connectivity index (χ1n) is 8.43. The van der Waals surface area contributed by atoms with Gasteiger partial charge < -0.3 is 15.6 Å². The van der Waals surface area contributed by atoms with Gasteiger partial charge in [0.25, 0.3) is 0 Å². The van der Waals surface area contributed by atoms with Crippen molar-refractivity contribution >= 4 is 34.1 Å². The summed E-state index contributed by atoms with van der Waals surface area (Å²) in [6, 6.07) is 3.95. The van der Waals surface area contributed by atoms with Crippen molar-refractivity contribution in [3.8, 4) is 0 Å². The van der Waals surface area contributed by atoms with Crippen molar-refractivity contribution in [3.05, 3.63) is 40.0 Å². The lowest BCUT2D eigenvalue weighted by molar-refractivity contribution is -0.120. The molecule has 0 saturated heterocycles. The quantitative estimate of drug-likeness (QED) is 0.637. The molecule has 0 bridgehead atoms. The standard InChI is InChI=1S/C18H23N5OS/c1-12-13(2)22-18(19)16-17(12)23(11-21-16)8-4-3-7-20-15(24)10-14-6-5-9-25-14/h5-6,9,11H,3-4,7-8,10H2,1-2H3,(H2,19,22)(H,20,24). The molecule has 3 aromatic rings. The van der Waals surface area contributed by atoms with E-state index >= 15 is 0 Å². The minimum absolute atomic E-state index is 0.0841. The molecule has 0 radical (unpaired) electrons. The number of hydrogen-bond acceptors (Lipinski definition) is 5. The van der Waals surface area contributed by atoms with E-state index in [-0.39, 0.29) is 5.91 Å². The third-order valence-corrected chi connectivity index (χ3v) is 5.21. The van der Waals surface area contributed by atoms with Crippen LogP contribution in [0.2, 0.25) is 0 Å². The molecule has 0 aliphatic heterocycles. The molecule has 132 valence electrons. The number of carbonyl (C=O) groups is 1. The molecule has 7 heteroatoms. The van der Waals surface area contributed by atoms with Crippen molar-refractivity contribution in [2.45, 2.75) is 39.7 Å². The average molecular weight is 357 g/mol. The SMILES string of the molecule is Cc1nc(N)c2ncn(CCCCNC(=O)Cc3cccs3)c2c1C. The second-order valence-electron chi connectivity index (χ2n) is 6.16. The highest BCUT2D eigenvalue weighted by atomic mass is 32.1. The first-order valence-corrected chi connectivity index (χ1v) is 9.31. The zero-order valence-corrected chi connectivity index (χ0v) is 15.4. The summed E-state index contributed by atoms with van der Waals surface area (Å²) in [6.45, 7) is 5.55. The van der Waals surface area contributed by atoms with Crippen LogP contribution in [0.5, 0.6) is 0 Å². The van der Waals surface area contributed by atoms with Crippen LogP contribution in [0.3, 0.4) is 0 Å². The van der Waals surface area contributed by atoms with Gasteiger partial charge in [-0.1, -0.05) is 6.07 Å². The Morgan fingerprint density at radius 1 is 1.36 bits per heavy atom. The van der Waals surface area contributed by atoms with Crippen LogP contribution < -0.4 is 11.1 Å². The maximum absolute atomic E-state index is 11.9. The van der Waals surface area contributed by atoms with E-state index in [0.717, 1.165) is 46.6 Å². The van der Waals surface area contributed by atoms with Gasteiger partial charge in [0.15, 0.2) is 5.82 Å². The number of anilines is 1. The van der Waals surface area contributed by atoms with E-state index in [4.69, 9.17) is 5.73 Å². The van der Waals surface area contributed by atoms with Gasteiger partial charge in [0.05, 0.1) is 18.3 Å². The normalized spacial score (nSPS) is 11.1. The fraction of sp³-hybridized carbons (Fsp3) is 0.389. The smallest absolute Gasteiger partial charge is 0.225 e. The molecule has 0 aliphatic carbocycles. The largest absolute Gasteiger partial charge is 0.382 e. The number of thiophene rings is 1. The minimum atomic E-state index is 0.0841. The fourth-order valence-electron chi connectivity index (χ4n) is 2.89. The van der Waals surface area contributed by atoms with Gasteiger partial charge in [0.2, 0.25) is 5.91 Å². The number of imidazole rings is 1. The number of fused-ring (bicyclic) bond motifs is 1. The number of aryl methyl sites for hydroxylation is 3. The van der Waals surface area contributed by atoms with Gasteiger partial charge >= 0.3 is 0 Å². The maximum atomic E-state index is 11.9. The van der Waals surface area contributed by atoms with E-state index in [9.17, 15) is 4.79 Å². The van der Waals surface area contributed by atoms with Crippen LogP contribution >= 0.6 is 11.3 Å². The van der Waals surface area contributed by atoms with Crippen LogP contribution in [-0.2, 0) is 17.8 Å². The van der Waals surface area contributed by atoms with E-state index in [1.807, 2.05) is 37.7 Å². The van der Waals surface area contributed by atoms with Gasteiger partial charge in [-0.25, -0.2) is 9.97 Å². The van der Waals surface area contributed by atoms with Crippen LogP contribution in [0.25, 0.3) is 11.0 Å². The molecule has 3 heterocycles. The van der Waals surface area contributed by atoms with E-state index in [1.54, 1.807) is 11.3 Å². The Labute approximate surface area is 151 Å². The molecule has 0 fully saturated rings. The Kier molecular flexibility index (Phi) is 5.33. The number of pyridine rings is 1. The molecular weight excluding hydrogens is 334 g/mol. The maximum Gasteiger partial charge on any atom is 0.225 e. The molecule has 0 atom stereocenters. The lowest BCUT2D eigenvalue weighted by Crippen LogP contribution is -2.25. The van der Waals surface area contributed by atoms with Gasteiger partial charge in [-0.3, -0.25) is 4.79 Å². The summed E-state index contributed by atoms with van der Waals surface area (Å²) in [5, 5.41) is 4.97. The van der Waals surface area contributed by atoms with Crippen LogP contribution in [-0.4, -0.2) is 27.0 Å². The van der Waals surface area contributed by atoms with Crippen LogP contribution in [0.1, 0.15) is 29.0 Å². The molecular formula is C18H23N5OS. The molecule has 0 unspecified atom stereocenters. The Bertz CT molecular complexity index is 869. The summed E-state index contributed by atoms with van der Waals surface area (Å²) in [6.07, 6.45) is 4.18. The molecule has 1 amide bonds. The lowest BCUT2D eigenvalue weighted by Gasteiger charge is -2.09. The molecule has 3 rings (SSSR count). The number of nitrogens with one attached hydrogen (secondary N) is 1. The predicted molar refractivity (Wildman–Crippen MR) is 102 cm³/mol. The van der Waals surface area contributed by atoms with E-state index < -0.39 is 0 Å². The van der Waals surface area contributed by atoms with Gasteiger partial charge in [0, 0.05) is 23.7 Å². The summed E-state index contributed by atoms with van der Waals surface area (Å²) in [7, 11) is 0. The van der Waals surface area contributed by atoms with E-state index in [1.165, 1.54) is 0 Å². The Hall–Kier alpha value is -2.41. The molecule has 3 N–H and O–H groups in total. The first-order chi connectivity index (χ1) is 12.1. The van der Waals surface area contributed by atoms with Crippen molar-refractivity contribution in [1.29, 1.82) is 0 Å². The Morgan fingerprint density at radius 3 is 2.96 bits per heavy atom. The van der Waals surface area contributed by atoms with Crippen molar-refractivity contribution in [2.24, 2.45) is 0 Å². The van der Waals surface area contributed by atoms with E-state index in [2.05, 4.69) is 19.9 Å². The summed E-state index contributed by atoms with van der Waals surface area (Å²) in [5.74, 6) is 0.568. The van der Waals surface area contributed by atoms with Crippen molar-refractivity contribution in [1.82, 2.24) is 19.9 Å². The number of unbranched alkanes of at least 4 members (excludes halogenated alkanes) is 1. The third-order valence-electron chi connectivity index (χ3n) is 4.33. The zero-order valence-electron chi connectivity index (χ0n) is 14.6. The summed E-state index contributed by atoms with van der Waals surface area (Å²) in [5.41, 5.74) is 9.86. The Morgan fingerprint density at radius 2 is 2.20 bits per heavy atom. The molecule has 25 heavy (non-hydrogen) atoms. The first kappa shape index (κ1) is 17.4.